The van der Waals surface area contributed by atoms with Crippen molar-refractivity contribution in [2.24, 2.45) is 0 Å². The second-order valence-electron chi connectivity index (χ2n) is 5.70. The molecule has 1 heterocycles. The van der Waals surface area contributed by atoms with Crippen LogP contribution in [-0.2, 0) is 12.8 Å². The number of nitrogen functional groups attached to an aromatic ring is 1. The predicted molar refractivity (Wildman–Crippen MR) is 85.6 cm³/mol. The zero-order valence-electron chi connectivity index (χ0n) is 12.0. The fraction of sp³-hybridized carbons (Fsp3) is 0.176. The number of nitrogens with two attached hydrogens (primary N) is 1. The molecule has 0 unspecified atom stereocenters. The van der Waals surface area contributed by atoms with Crippen LogP contribution in [-0.4, -0.2) is 21.9 Å². The molecule has 1 amide bonds. The molecule has 0 saturated carbocycles. The van der Waals surface area contributed by atoms with Crippen molar-refractivity contribution in [2.45, 2.75) is 18.9 Å². The number of aromatic nitrogens is 2. The van der Waals surface area contributed by atoms with Crippen molar-refractivity contribution >= 4 is 22.9 Å². The zero-order chi connectivity index (χ0) is 15.1. The molecule has 5 nitrogen and oxygen atoms in total. The Kier molecular flexibility index (Phi) is 2.85. The van der Waals surface area contributed by atoms with Crippen LogP contribution in [0.3, 0.4) is 0 Å². The number of aromatic amines is 1. The monoisotopic (exact) mass is 292 g/mol. The molecule has 1 aromatic heterocycles. The number of benzene rings is 2. The van der Waals surface area contributed by atoms with Crippen LogP contribution >= 0.6 is 0 Å². The largest absolute Gasteiger partial charge is 0.369 e. The predicted octanol–water partition coefficient (Wildman–Crippen LogP) is 2.04. The zero-order valence-corrected chi connectivity index (χ0v) is 12.0. The third-order valence-electron chi connectivity index (χ3n) is 4.15. The second kappa shape index (κ2) is 4.87. The van der Waals surface area contributed by atoms with Gasteiger partial charge in [-0.25, -0.2) is 4.98 Å². The normalized spacial score (nSPS) is 14.2. The number of amides is 1. The van der Waals surface area contributed by atoms with Crippen molar-refractivity contribution in [3.05, 3.63) is 59.2 Å². The summed E-state index contributed by atoms with van der Waals surface area (Å²) in [7, 11) is 0. The Morgan fingerprint density at radius 3 is 2.64 bits per heavy atom. The van der Waals surface area contributed by atoms with E-state index in [-0.39, 0.29) is 11.9 Å². The highest BCUT2D eigenvalue weighted by atomic mass is 16.1. The molecular weight excluding hydrogens is 276 g/mol. The van der Waals surface area contributed by atoms with Crippen molar-refractivity contribution in [2.75, 3.05) is 5.73 Å². The minimum absolute atomic E-state index is 0.0622. The van der Waals surface area contributed by atoms with Crippen LogP contribution in [0.5, 0.6) is 0 Å². The summed E-state index contributed by atoms with van der Waals surface area (Å²) >= 11 is 0. The van der Waals surface area contributed by atoms with E-state index in [1.165, 1.54) is 11.1 Å². The first-order valence-corrected chi connectivity index (χ1v) is 7.32. The lowest BCUT2D eigenvalue weighted by Crippen LogP contribution is -2.35. The van der Waals surface area contributed by atoms with E-state index in [0.717, 1.165) is 23.9 Å². The van der Waals surface area contributed by atoms with Crippen LogP contribution in [0.4, 0.5) is 5.95 Å². The Morgan fingerprint density at radius 1 is 1.18 bits per heavy atom. The Morgan fingerprint density at radius 2 is 1.91 bits per heavy atom. The lowest BCUT2D eigenvalue weighted by molar-refractivity contribution is 0.0938. The van der Waals surface area contributed by atoms with E-state index in [4.69, 9.17) is 5.73 Å². The lowest BCUT2D eigenvalue weighted by Gasteiger charge is -2.12. The standard InChI is InChI=1S/C17H16N4O/c18-17-20-14-6-5-12(9-15(14)21-17)16(22)19-13-7-10-3-1-2-4-11(10)8-13/h1-6,9,13H,7-8H2,(H,19,22)(H3,18,20,21). The highest BCUT2D eigenvalue weighted by Gasteiger charge is 2.22. The summed E-state index contributed by atoms with van der Waals surface area (Å²) in [5.41, 5.74) is 10.4. The quantitative estimate of drug-likeness (QED) is 0.676. The number of rotatable bonds is 2. The summed E-state index contributed by atoms with van der Waals surface area (Å²) in [6.45, 7) is 0. The number of imidazole rings is 1. The number of carbonyl (C=O) groups is 1. The molecule has 5 heteroatoms. The van der Waals surface area contributed by atoms with Gasteiger partial charge in [0.2, 0.25) is 0 Å². The third kappa shape index (κ3) is 2.20. The number of nitrogens with zero attached hydrogens (tertiary/aromatic N) is 1. The molecule has 0 saturated heterocycles. The highest BCUT2D eigenvalue weighted by molar-refractivity contribution is 5.97. The van der Waals surface area contributed by atoms with Gasteiger partial charge in [-0.1, -0.05) is 24.3 Å². The van der Waals surface area contributed by atoms with Gasteiger partial charge in [-0.05, 0) is 42.2 Å². The summed E-state index contributed by atoms with van der Waals surface area (Å²) in [6.07, 6.45) is 1.78. The first-order valence-electron chi connectivity index (χ1n) is 7.32. The van der Waals surface area contributed by atoms with Crippen LogP contribution in [0.25, 0.3) is 11.0 Å². The van der Waals surface area contributed by atoms with E-state index in [2.05, 4.69) is 27.4 Å². The smallest absolute Gasteiger partial charge is 0.251 e. The topological polar surface area (TPSA) is 83.8 Å². The second-order valence-corrected chi connectivity index (χ2v) is 5.70. The average Bonchev–Trinajstić information content (AvgIpc) is 3.07. The molecule has 0 radical (unpaired) electrons. The van der Waals surface area contributed by atoms with Gasteiger partial charge in [0.1, 0.15) is 0 Å². The minimum Gasteiger partial charge on any atom is -0.369 e. The molecule has 110 valence electrons. The van der Waals surface area contributed by atoms with Crippen molar-refractivity contribution < 1.29 is 4.79 Å². The van der Waals surface area contributed by atoms with E-state index < -0.39 is 0 Å². The molecule has 0 spiro atoms. The van der Waals surface area contributed by atoms with Gasteiger partial charge in [0.15, 0.2) is 5.95 Å². The van der Waals surface area contributed by atoms with E-state index in [1.54, 1.807) is 18.2 Å². The van der Waals surface area contributed by atoms with Gasteiger partial charge < -0.3 is 16.0 Å². The Hall–Kier alpha value is -2.82. The molecule has 1 aliphatic rings. The Bertz CT molecular complexity index is 843. The maximum atomic E-state index is 12.4. The number of anilines is 1. The Balaban J connectivity index is 1.52. The summed E-state index contributed by atoms with van der Waals surface area (Å²) in [5.74, 6) is 0.298. The number of nitrogens with one attached hydrogen (secondary N) is 2. The van der Waals surface area contributed by atoms with Crippen molar-refractivity contribution in [3.8, 4) is 0 Å². The van der Waals surface area contributed by atoms with Crippen LogP contribution in [0.2, 0.25) is 0 Å². The Labute approximate surface area is 127 Å². The van der Waals surface area contributed by atoms with E-state index >= 15 is 0 Å². The summed E-state index contributed by atoms with van der Waals surface area (Å²) in [6, 6.07) is 13.9. The molecule has 3 aromatic rings. The number of hydrogen-bond acceptors (Lipinski definition) is 3. The molecule has 0 aliphatic heterocycles. The highest BCUT2D eigenvalue weighted by Crippen LogP contribution is 2.22. The fourth-order valence-electron chi connectivity index (χ4n) is 3.10. The number of H-pyrrole nitrogens is 1. The molecule has 22 heavy (non-hydrogen) atoms. The van der Waals surface area contributed by atoms with Gasteiger partial charge in [-0.15, -0.1) is 0 Å². The maximum Gasteiger partial charge on any atom is 0.251 e. The van der Waals surface area contributed by atoms with Gasteiger partial charge >= 0.3 is 0 Å². The van der Waals surface area contributed by atoms with Crippen LogP contribution in [0.15, 0.2) is 42.5 Å². The van der Waals surface area contributed by atoms with Crippen molar-refractivity contribution in [3.63, 3.8) is 0 Å². The number of hydrogen-bond donors (Lipinski definition) is 3. The molecule has 1 aliphatic carbocycles. The molecule has 0 atom stereocenters. The maximum absolute atomic E-state index is 12.4. The molecule has 4 rings (SSSR count). The van der Waals surface area contributed by atoms with Crippen LogP contribution in [0, 0.1) is 0 Å². The molecule has 0 bridgehead atoms. The first kappa shape index (κ1) is 12.9. The van der Waals surface area contributed by atoms with Crippen molar-refractivity contribution in [1.29, 1.82) is 0 Å². The number of carbonyl (C=O) groups excluding carboxylic acids is 1. The third-order valence-corrected chi connectivity index (χ3v) is 4.15. The minimum atomic E-state index is -0.0622. The van der Waals surface area contributed by atoms with Gasteiger partial charge in [-0.3, -0.25) is 4.79 Å². The van der Waals surface area contributed by atoms with Crippen LogP contribution in [0.1, 0.15) is 21.5 Å². The summed E-state index contributed by atoms with van der Waals surface area (Å²) in [5, 5.41) is 3.11. The van der Waals surface area contributed by atoms with Crippen molar-refractivity contribution in [1.82, 2.24) is 15.3 Å². The lowest BCUT2D eigenvalue weighted by atomic mass is 10.1. The SMILES string of the molecule is Nc1nc2ccc(C(=O)NC3Cc4ccccc4C3)cc2[nH]1. The molecule has 2 aromatic carbocycles. The molecule has 0 fully saturated rings. The molecule has 4 N–H and O–H groups in total. The van der Waals surface area contributed by atoms with Crippen LogP contribution < -0.4 is 11.1 Å². The molecular formula is C17H16N4O. The van der Waals surface area contributed by atoms with Gasteiger partial charge in [0.25, 0.3) is 5.91 Å². The first-order chi connectivity index (χ1) is 10.7. The van der Waals surface area contributed by atoms with E-state index in [9.17, 15) is 4.79 Å². The van der Waals surface area contributed by atoms with Gasteiger partial charge in [0, 0.05) is 11.6 Å². The average molecular weight is 292 g/mol. The summed E-state index contributed by atoms with van der Waals surface area (Å²) in [4.78, 5) is 19.5. The number of fused-ring (bicyclic) bond motifs is 2. The fourth-order valence-corrected chi connectivity index (χ4v) is 3.10. The van der Waals surface area contributed by atoms with Gasteiger partial charge in [-0.2, -0.15) is 0 Å². The van der Waals surface area contributed by atoms with E-state index in [0.29, 0.717) is 11.5 Å². The van der Waals surface area contributed by atoms with Gasteiger partial charge in [0.05, 0.1) is 11.0 Å². The van der Waals surface area contributed by atoms with E-state index in [1.807, 2.05) is 12.1 Å². The summed E-state index contributed by atoms with van der Waals surface area (Å²) < 4.78 is 0.